The van der Waals surface area contributed by atoms with Gasteiger partial charge >= 0.3 is 0 Å². The minimum Gasteiger partial charge on any atom is -0.390 e. The molecular weight excluding hydrogens is 391 g/mol. The van der Waals surface area contributed by atoms with Crippen LogP contribution in [0.5, 0.6) is 0 Å². The Morgan fingerprint density at radius 3 is 2.48 bits per heavy atom. The zero-order valence-corrected chi connectivity index (χ0v) is 16.9. The fourth-order valence-corrected chi connectivity index (χ4v) is 4.18. The van der Waals surface area contributed by atoms with Crippen LogP contribution in [-0.4, -0.2) is 29.2 Å². The van der Waals surface area contributed by atoms with Gasteiger partial charge in [-0.15, -0.1) is 0 Å². The number of amides is 1. The summed E-state index contributed by atoms with van der Waals surface area (Å²) in [6.45, 7) is 0.916. The first-order chi connectivity index (χ1) is 14.1. The maximum Gasteiger partial charge on any atom is 0.226 e. The first-order valence-electron chi connectivity index (χ1n) is 10.1. The van der Waals surface area contributed by atoms with Gasteiger partial charge in [0.15, 0.2) is 6.10 Å². The lowest BCUT2D eigenvalue weighted by Gasteiger charge is -2.27. The van der Waals surface area contributed by atoms with Gasteiger partial charge in [-0.25, -0.2) is 4.39 Å². The van der Waals surface area contributed by atoms with Gasteiger partial charge in [-0.2, -0.15) is 0 Å². The third kappa shape index (κ3) is 4.96. The van der Waals surface area contributed by atoms with Crippen molar-refractivity contribution in [2.45, 2.75) is 44.8 Å². The molecule has 6 heteroatoms. The summed E-state index contributed by atoms with van der Waals surface area (Å²) < 4.78 is 13.3. The Kier molecular flexibility index (Phi) is 6.14. The van der Waals surface area contributed by atoms with E-state index in [2.05, 4.69) is 5.16 Å². The van der Waals surface area contributed by atoms with Crippen LogP contribution in [0, 0.1) is 11.7 Å². The molecule has 0 N–H and O–H groups in total. The number of hydrogen-bond donors (Lipinski definition) is 0. The molecule has 1 heterocycles. The van der Waals surface area contributed by atoms with Crippen molar-refractivity contribution in [2.75, 3.05) is 6.54 Å². The number of carbonyl (C=O) groups is 1. The van der Waals surface area contributed by atoms with Crippen LogP contribution in [-0.2, 0) is 16.2 Å². The molecule has 0 saturated heterocycles. The van der Waals surface area contributed by atoms with E-state index in [-0.39, 0.29) is 23.7 Å². The lowest BCUT2D eigenvalue weighted by atomic mass is 10.0. The molecule has 152 valence electrons. The van der Waals surface area contributed by atoms with E-state index >= 15 is 0 Å². The number of rotatable bonds is 6. The molecular formula is C23H24ClFN2O2. The summed E-state index contributed by atoms with van der Waals surface area (Å²) in [7, 11) is 0. The Morgan fingerprint density at radius 2 is 1.79 bits per heavy atom. The predicted molar refractivity (Wildman–Crippen MR) is 111 cm³/mol. The highest BCUT2D eigenvalue weighted by atomic mass is 35.5. The second kappa shape index (κ2) is 8.95. The molecule has 0 spiro atoms. The summed E-state index contributed by atoms with van der Waals surface area (Å²) in [4.78, 5) is 20.6. The topological polar surface area (TPSA) is 41.9 Å². The van der Waals surface area contributed by atoms with Crippen molar-refractivity contribution in [1.82, 2.24) is 4.90 Å². The van der Waals surface area contributed by atoms with Crippen LogP contribution < -0.4 is 0 Å². The standard InChI is InChI=1S/C23H24ClFN2O2/c24-19-9-7-17(8-10-19)22-13-21(29-26-22)15-27(23(28)18-3-1-2-4-18)14-16-5-11-20(25)12-6-16/h5-12,18,21H,1-4,13-15H2/t21-/m0/s1. The summed E-state index contributed by atoms with van der Waals surface area (Å²) in [5.41, 5.74) is 2.75. The van der Waals surface area contributed by atoms with Crippen molar-refractivity contribution in [1.29, 1.82) is 0 Å². The highest BCUT2D eigenvalue weighted by molar-refractivity contribution is 6.30. The van der Waals surface area contributed by atoms with E-state index in [1.165, 1.54) is 12.1 Å². The third-order valence-electron chi connectivity index (χ3n) is 5.64. The van der Waals surface area contributed by atoms with Crippen LogP contribution in [0.1, 0.15) is 43.2 Å². The zero-order chi connectivity index (χ0) is 20.2. The second-order valence-corrected chi connectivity index (χ2v) is 8.24. The Hall–Kier alpha value is -2.40. The Morgan fingerprint density at radius 1 is 1.10 bits per heavy atom. The maximum atomic E-state index is 13.3. The molecule has 1 amide bonds. The molecule has 1 fully saturated rings. The van der Waals surface area contributed by atoms with E-state index in [0.717, 1.165) is 42.5 Å². The number of halogens is 2. The van der Waals surface area contributed by atoms with Crippen LogP contribution in [0.15, 0.2) is 53.7 Å². The third-order valence-corrected chi connectivity index (χ3v) is 5.89. The van der Waals surface area contributed by atoms with Crippen LogP contribution >= 0.6 is 11.6 Å². The number of nitrogens with zero attached hydrogens (tertiary/aromatic N) is 2. The fourth-order valence-electron chi connectivity index (χ4n) is 4.06. The second-order valence-electron chi connectivity index (χ2n) is 7.80. The van der Waals surface area contributed by atoms with Gasteiger partial charge in [0.2, 0.25) is 5.91 Å². The Labute approximate surface area is 175 Å². The highest BCUT2D eigenvalue weighted by Crippen LogP contribution is 2.28. The van der Waals surface area contributed by atoms with Gasteiger partial charge in [0.25, 0.3) is 0 Å². The Bertz CT molecular complexity index is 877. The molecule has 2 aromatic carbocycles. The minimum atomic E-state index is -0.275. The van der Waals surface area contributed by atoms with Gasteiger partial charge in [-0.3, -0.25) is 4.79 Å². The molecule has 2 aromatic rings. The lowest BCUT2D eigenvalue weighted by Crippen LogP contribution is -2.40. The van der Waals surface area contributed by atoms with Gasteiger partial charge in [0, 0.05) is 23.9 Å². The average molecular weight is 415 g/mol. The lowest BCUT2D eigenvalue weighted by molar-refractivity contribution is -0.137. The van der Waals surface area contributed by atoms with Crippen LogP contribution in [0.2, 0.25) is 5.02 Å². The van der Waals surface area contributed by atoms with E-state index in [0.29, 0.717) is 24.5 Å². The van der Waals surface area contributed by atoms with Crippen molar-refractivity contribution in [3.8, 4) is 0 Å². The molecule has 1 aliphatic carbocycles. The zero-order valence-electron chi connectivity index (χ0n) is 16.2. The number of hydrogen-bond acceptors (Lipinski definition) is 3. The number of oxime groups is 1. The predicted octanol–water partition coefficient (Wildman–Crippen LogP) is 5.19. The van der Waals surface area contributed by atoms with Gasteiger partial charge in [0.1, 0.15) is 5.82 Å². The molecule has 0 unspecified atom stereocenters. The average Bonchev–Trinajstić information content (AvgIpc) is 3.41. The van der Waals surface area contributed by atoms with Gasteiger partial charge in [0.05, 0.1) is 12.3 Å². The van der Waals surface area contributed by atoms with E-state index in [9.17, 15) is 9.18 Å². The molecule has 29 heavy (non-hydrogen) atoms. The van der Waals surface area contributed by atoms with Crippen molar-refractivity contribution in [3.05, 3.63) is 70.5 Å². The molecule has 0 bridgehead atoms. The van der Waals surface area contributed by atoms with Gasteiger partial charge in [-0.05, 0) is 48.2 Å². The quantitative estimate of drug-likeness (QED) is 0.652. The molecule has 4 rings (SSSR count). The van der Waals surface area contributed by atoms with Crippen LogP contribution in [0.4, 0.5) is 4.39 Å². The maximum absolute atomic E-state index is 13.3. The molecule has 1 saturated carbocycles. The summed E-state index contributed by atoms with van der Waals surface area (Å²) in [6, 6.07) is 13.8. The molecule has 4 nitrogen and oxygen atoms in total. The molecule has 1 aliphatic heterocycles. The number of benzene rings is 2. The molecule has 1 atom stereocenters. The van der Waals surface area contributed by atoms with Gasteiger partial charge < -0.3 is 9.74 Å². The fraction of sp³-hybridized carbons (Fsp3) is 0.391. The molecule has 2 aliphatic rings. The van der Waals surface area contributed by atoms with Gasteiger partial charge in [-0.1, -0.05) is 53.9 Å². The van der Waals surface area contributed by atoms with E-state index < -0.39 is 0 Å². The highest BCUT2D eigenvalue weighted by Gasteiger charge is 2.31. The minimum absolute atomic E-state index is 0.0773. The SMILES string of the molecule is O=C(C1CCCC1)N(Cc1ccc(F)cc1)C[C@@H]1CC(c2ccc(Cl)cc2)=NO1. The summed E-state index contributed by atoms with van der Waals surface area (Å²) in [5, 5.41) is 4.91. The van der Waals surface area contributed by atoms with Crippen LogP contribution in [0.25, 0.3) is 0 Å². The van der Waals surface area contributed by atoms with Crippen molar-refractivity contribution in [3.63, 3.8) is 0 Å². The van der Waals surface area contributed by atoms with E-state index in [4.69, 9.17) is 16.4 Å². The van der Waals surface area contributed by atoms with E-state index in [1.807, 2.05) is 29.2 Å². The van der Waals surface area contributed by atoms with Crippen LogP contribution in [0.3, 0.4) is 0 Å². The van der Waals surface area contributed by atoms with Crippen molar-refractivity contribution >= 4 is 23.2 Å². The number of carbonyl (C=O) groups excluding carboxylic acids is 1. The summed E-state index contributed by atoms with van der Waals surface area (Å²) in [6.07, 6.45) is 4.54. The summed E-state index contributed by atoms with van der Waals surface area (Å²) >= 11 is 5.96. The molecule has 0 aromatic heterocycles. The molecule has 0 radical (unpaired) electrons. The smallest absolute Gasteiger partial charge is 0.226 e. The largest absolute Gasteiger partial charge is 0.390 e. The van der Waals surface area contributed by atoms with Crippen molar-refractivity contribution in [2.24, 2.45) is 11.1 Å². The monoisotopic (exact) mass is 414 g/mol. The Balaban J connectivity index is 1.44. The first-order valence-corrected chi connectivity index (χ1v) is 10.5. The van der Waals surface area contributed by atoms with Crippen molar-refractivity contribution < 1.29 is 14.0 Å². The normalized spacial score (nSPS) is 19.1. The summed E-state index contributed by atoms with van der Waals surface area (Å²) in [5.74, 6) is -0.0357. The first kappa shape index (κ1) is 19.9. The van der Waals surface area contributed by atoms with E-state index in [1.54, 1.807) is 12.1 Å².